The molecule has 1 amide bonds. The second-order valence-corrected chi connectivity index (χ2v) is 6.97. The number of nitrogens with one attached hydrogen (secondary N) is 1. The van der Waals surface area contributed by atoms with Gasteiger partial charge in [-0.1, -0.05) is 6.42 Å². The molecule has 0 unspecified atom stereocenters. The van der Waals surface area contributed by atoms with Gasteiger partial charge in [0.15, 0.2) is 5.76 Å². The minimum absolute atomic E-state index is 0.158. The Morgan fingerprint density at radius 2 is 2.31 bits per heavy atom. The van der Waals surface area contributed by atoms with Crippen LogP contribution in [0.3, 0.4) is 0 Å². The van der Waals surface area contributed by atoms with E-state index in [0.717, 1.165) is 6.42 Å². The Kier molecular flexibility index (Phi) is 6.63. The van der Waals surface area contributed by atoms with Crippen LogP contribution in [0.1, 0.15) is 39.0 Å². The summed E-state index contributed by atoms with van der Waals surface area (Å²) >= 11 is 0. The fraction of sp³-hybridized carbons (Fsp3) is 0.600. The molecule has 3 atom stereocenters. The zero-order valence-electron chi connectivity index (χ0n) is 15.3. The van der Waals surface area contributed by atoms with Crippen molar-refractivity contribution >= 4 is 11.6 Å². The average Bonchev–Trinajstić information content (AvgIpc) is 2.60. The lowest BCUT2D eigenvalue weighted by Gasteiger charge is -2.43. The monoisotopic (exact) mass is 360 g/mol. The molecule has 2 heterocycles. The summed E-state index contributed by atoms with van der Waals surface area (Å²) in [4.78, 5) is 16.7. The number of nitrogens with zero attached hydrogens (tertiary/aromatic N) is 1. The highest BCUT2D eigenvalue weighted by molar-refractivity contribution is 6.02. The molecule has 142 valence electrons. The molecule has 0 spiro atoms. The van der Waals surface area contributed by atoms with Gasteiger partial charge in [0.1, 0.15) is 0 Å². The molecule has 1 aromatic heterocycles. The molecule has 1 aliphatic heterocycles. The number of amides is 1. The Morgan fingerprint density at radius 3 is 2.92 bits per heavy atom. The number of rotatable bonds is 8. The predicted octanol–water partition coefficient (Wildman–Crippen LogP) is 3.10. The topological polar surface area (TPSA) is 80.7 Å². The van der Waals surface area contributed by atoms with Crippen LogP contribution in [0.15, 0.2) is 36.4 Å². The lowest BCUT2D eigenvalue weighted by atomic mass is 9.68. The Balaban J connectivity index is 1.79. The van der Waals surface area contributed by atoms with Crippen LogP contribution in [0.25, 0.3) is 0 Å². The highest BCUT2D eigenvalue weighted by Gasteiger charge is 2.42. The summed E-state index contributed by atoms with van der Waals surface area (Å²) in [5, 5.41) is 12.1. The number of carbonyl (C=O) groups is 1. The van der Waals surface area contributed by atoms with Gasteiger partial charge in [-0.15, -0.1) is 0 Å². The largest absolute Gasteiger partial charge is 0.459 e. The van der Waals surface area contributed by atoms with E-state index in [0.29, 0.717) is 30.4 Å². The third-order valence-electron chi connectivity index (χ3n) is 5.29. The first-order valence-corrected chi connectivity index (χ1v) is 9.55. The van der Waals surface area contributed by atoms with Gasteiger partial charge in [0, 0.05) is 25.3 Å². The van der Waals surface area contributed by atoms with E-state index in [9.17, 15) is 9.90 Å². The summed E-state index contributed by atoms with van der Waals surface area (Å²) in [5.41, 5.74) is 0.637. The van der Waals surface area contributed by atoms with E-state index < -0.39 is 6.29 Å². The van der Waals surface area contributed by atoms with Crippen LogP contribution in [0.4, 0.5) is 5.69 Å². The maximum absolute atomic E-state index is 12.7. The summed E-state index contributed by atoms with van der Waals surface area (Å²) < 4.78 is 11.8. The van der Waals surface area contributed by atoms with E-state index in [1.165, 1.54) is 19.3 Å². The van der Waals surface area contributed by atoms with E-state index in [4.69, 9.17) is 9.47 Å². The SMILES string of the molecule is CCO[C@@H]1OC(C(=O)Nc2cccnc2)=C[C@H](C2CCC2)[C@H]1CCCO. The van der Waals surface area contributed by atoms with Crippen molar-refractivity contribution in [1.29, 1.82) is 0 Å². The van der Waals surface area contributed by atoms with Crippen LogP contribution in [0.5, 0.6) is 0 Å². The Bertz CT molecular complexity index is 615. The van der Waals surface area contributed by atoms with E-state index in [1.807, 2.05) is 13.0 Å². The van der Waals surface area contributed by atoms with Crippen LogP contribution in [0, 0.1) is 17.8 Å². The van der Waals surface area contributed by atoms with Crippen molar-refractivity contribution in [2.24, 2.45) is 17.8 Å². The minimum Gasteiger partial charge on any atom is -0.459 e. The number of pyridine rings is 1. The maximum atomic E-state index is 12.7. The van der Waals surface area contributed by atoms with Crippen molar-refractivity contribution in [2.45, 2.75) is 45.3 Å². The van der Waals surface area contributed by atoms with Crippen LogP contribution in [0.2, 0.25) is 0 Å². The van der Waals surface area contributed by atoms with Gasteiger partial charge in [0.2, 0.25) is 6.29 Å². The third kappa shape index (κ3) is 4.43. The molecule has 0 radical (unpaired) electrons. The molecule has 1 saturated carbocycles. The molecule has 2 N–H and O–H groups in total. The predicted molar refractivity (Wildman–Crippen MR) is 98.1 cm³/mol. The van der Waals surface area contributed by atoms with Crippen LogP contribution < -0.4 is 5.32 Å². The first-order valence-electron chi connectivity index (χ1n) is 9.55. The number of hydrogen-bond acceptors (Lipinski definition) is 5. The third-order valence-corrected chi connectivity index (χ3v) is 5.29. The maximum Gasteiger partial charge on any atom is 0.290 e. The van der Waals surface area contributed by atoms with Gasteiger partial charge in [-0.2, -0.15) is 0 Å². The molecule has 26 heavy (non-hydrogen) atoms. The summed E-state index contributed by atoms with van der Waals surface area (Å²) in [7, 11) is 0. The van der Waals surface area contributed by atoms with Crippen molar-refractivity contribution in [3.63, 3.8) is 0 Å². The number of allylic oxidation sites excluding steroid dienone is 1. The number of anilines is 1. The number of aliphatic hydroxyl groups is 1. The smallest absolute Gasteiger partial charge is 0.290 e. The molecule has 6 nitrogen and oxygen atoms in total. The lowest BCUT2D eigenvalue weighted by Crippen LogP contribution is -2.42. The Hall–Kier alpha value is -1.92. The standard InChI is InChI=1S/C20H28N2O4/c1-2-25-20-16(9-5-11-23)17(14-6-3-7-14)12-18(26-20)19(24)22-15-8-4-10-21-13-15/h4,8,10,12-14,16-17,20,23H,2-3,5-7,9,11H2,1H3,(H,22,24)/t16-,17-,20-/m1/s1. The van der Waals surface area contributed by atoms with Crippen LogP contribution in [-0.4, -0.2) is 35.5 Å². The van der Waals surface area contributed by atoms with Gasteiger partial charge < -0.3 is 19.9 Å². The fourth-order valence-corrected chi connectivity index (χ4v) is 3.78. The van der Waals surface area contributed by atoms with E-state index in [2.05, 4.69) is 10.3 Å². The quantitative estimate of drug-likeness (QED) is 0.744. The summed E-state index contributed by atoms with van der Waals surface area (Å²) in [6.07, 6.45) is 9.93. The van der Waals surface area contributed by atoms with Crippen molar-refractivity contribution in [3.05, 3.63) is 36.4 Å². The molecule has 0 aromatic carbocycles. The van der Waals surface area contributed by atoms with Gasteiger partial charge in [-0.05, 0) is 62.7 Å². The number of hydrogen-bond donors (Lipinski definition) is 2. The summed E-state index contributed by atoms with van der Waals surface area (Å²) in [6, 6.07) is 3.57. The summed E-state index contributed by atoms with van der Waals surface area (Å²) in [5.74, 6) is 1.03. The number of aliphatic hydroxyl groups excluding tert-OH is 1. The number of ether oxygens (including phenoxy) is 2. The zero-order valence-corrected chi connectivity index (χ0v) is 15.3. The second-order valence-electron chi connectivity index (χ2n) is 6.97. The fourth-order valence-electron chi connectivity index (χ4n) is 3.78. The highest BCUT2D eigenvalue weighted by Crippen LogP contribution is 2.44. The zero-order chi connectivity index (χ0) is 18.4. The Morgan fingerprint density at radius 1 is 1.46 bits per heavy atom. The van der Waals surface area contributed by atoms with Gasteiger partial charge in [-0.25, -0.2) is 0 Å². The molecule has 2 aliphatic rings. The minimum atomic E-state index is -0.447. The average molecular weight is 360 g/mol. The second kappa shape index (κ2) is 9.14. The molecule has 1 fully saturated rings. The van der Waals surface area contributed by atoms with Gasteiger partial charge in [-0.3, -0.25) is 9.78 Å². The van der Waals surface area contributed by atoms with Crippen molar-refractivity contribution in [1.82, 2.24) is 4.98 Å². The molecule has 1 aromatic rings. The summed E-state index contributed by atoms with van der Waals surface area (Å²) in [6.45, 7) is 2.61. The van der Waals surface area contributed by atoms with E-state index in [-0.39, 0.29) is 24.3 Å². The first-order chi connectivity index (χ1) is 12.7. The van der Waals surface area contributed by atoms with Crippen LogP contribution >= 0.6 is 0 Å². The normalized spacial score (nSPS) is 25.8. The molecular weight excluding hydrogens is 332 g/mol. The molecule has 6 heteroatoms. The van der Waals surface area contributed by atoms with Gasteiger partial charge >= 0.3 is 0 Å². The number of carbonyl (C=O) groups excluding carboxylic acids is 1. The van der Waals surface area contributed by atoms with Crippen molar-refractivity contribution < 1.29 is 19.4 Å². The Labute approximate surface area is 154 Å². The van der Waals surface area contributed by atoms with Crippen molar-refractivity contribution in [2.75, 3.05) is 18.5 Å². The van der Waals surface area contributed by atoms with Crippen molar-refractivity contribution in [3.8, 4) is 0 Å². The first kappa shape index (κ1) is 18.9. The van der Waals surface area contributed by atoms with Gasteiger partial charge in [0.25, 0.3) is 5.91 Å². The lowest BCUT2D eigenvalue weighted by molar-refractivity contribution is -0.177. The molecule has 1 aliphatic carbocycles. The van der Waals surface area contributed by atoms with Gasteiger partial charge in [0.05, 0.1) is 11.9 Å². The number of aromatic nitrogens is 1. The molecular formula is C20H28N2O4. The van der Waals surface area contributed by atoms with E-state index in [1.54, 1.807) is 24.5 Å². The molecule has 3 rings (SSSR count). The van der Waals surface area contributed by atoms with E-state index >= 15 is 0 Å². The molecule has 0 bridgehead atoms. The highest BCUT2D eigenvalue weighted by atomic mass is 16.7. The molecule has 0 saturated heterocycles. The van der Waals surface area contributed by atoms with Crippen LogP contribution in [-0.2, 0) is 14.3 Å².